The van der Waals surface area contributed by atoms with Gasteiger partial charge in [0.2, 0.25) is 0 Å². The molecule has 2 heterocycles. The number of aromatic amines is 1. The maximum absolute atomic E-state index is 12.2. The molecule has 0 atom stereocenters. The highest BCUT2D eigenvalue weighted by Gasteiger charge is 2.21. The van der Waals surface area contributed by atoms with Crippen LogP contribution in [0.4, 0.5) is 0 Å². The van der Waals surface area contributed by atoms with Crippen molar-refractivity contribution in [2.45, 2.75) is 6.54 Å². The Kier molecular flexibility index (Phi) is 4.08. The maximum Gasteiger partial charge on any atom is 0.295 e. The fraction of sp³-hybridized carbons (Fsp3) is 0.125. The van der Waals surface area contributed by atoms with Gasteiger partial charge in [0.25, 0.3) is 11.7 Å². The van der Waals surface area contributed by atoms with Gasteiger partial charge in [-0.25, -0.2) is 4.98 Å². The molecule has 1 aromatic carbocycles. The molecule has 0 aliphatic rings. The first-order valence-electron chi connectivity index (χ1n) is 6.88. The van der Waals surface area contributed by atoms with Crippen LogP contribution >= 0.6 is 11.6 Å². The summed E-state index contributed by atoms with van der Waals surface area (Å²) in [6, 6.07) is 8.47. The number of amides is 1. The number of halogens is 1. The van der Waals surface area contributed by atoms with E-state index in [0.29, 0.717) is 10.8 Å². The highest BCUT2D eigenvalue weighted by Crippen LogP contribution is 2.17. The Morgan fingerprint density at radius 3 is 2.87 bits per heavy atom. The van der Waals surface area contributed by atoms with Crippen molar-refractivity contribution < 1.29 is 9.59 Å². The largest absolute Gasteiger partial charge is 0.340 e. The number of benzene rings is 1. The zero-order chi connectivity index (χ0) is 16.4. The lowest BCUT2D eigenvalue weighted by atomic mass is 10.2. The Morgan fingerprint density at radius 2 is 2.13 bits per heavy atom. The second kappa shape index (κ2) is 6.18. The number of hydrogen-bond acceptors (Lipinski definition) is 4. The molecule has 7 heteroatoms. The summed E-state index contributed by atoms with van der Waals surface area (Å²) in [5.41, 5.74) is 1.80. The van der Waals surface area contributed by atoms with Gasteiger partial charge in [-0.3, -0.25) is 14.6 Å². The minimum atomic E-state index is -0.614. The van der Waals surface area contributed by atoms with E-state index in [0.717, 1.165) is 11.0 Å². The Morgan fingerprint density at radius 1 is 1.30 bits per heavy atom. The molecule has 3 rings (SSSR count). The fourth-order valence-electron chi connectivity index (χ4n) is 2.20. The second-order valence-corrected chi connectivity index (χ2v) is 5.51. The minimum Gasteiger partial charge on any atom is -0.340 e. The Labute approximate surface area is 137 Å². The van der Waals surface area contributed by atoms with Gasteiger partial charge in [0.15, 0.2) is 0 Å². The number of hydrogen-bond donors (Lipinski definition) is 1. The Hall–Kier alpha value is -2.73. The number of Topliss-reactive ketones (excluding diaryl/α,β-unsaturated/α-hetero) is 1. The summed E-state index contributed by atoms with van der Waals surface area (Å²) in [5.74, 6) is -0.631. The molecule has 1 amide bonds. The SMILES string of the molecule is CN(Cc1nc2ccc(Cl)cc2[nH]1)C(=O)C(=O)c1cccnc1. The predicted molar refractivity (Wildman–Crippen MR) is 86.1 cm³/mol. The summed E-state index contributed by atoms with van der Waals surface area (Å²) in [6.07, 6.45) is 2.92. The summed E-state index contributed by atoms with van der Waals surface area (Å²) in [7, 11) is 1.55. The summed E-state index contributed by atoms with van der Waals surface area (Å²) < 4.78 is 0. The third-order valence-electron chi connectivity index (χ3n) is 3.34. The van der Waals surface area contributed by atoms with Crippen molar-refractivity contribution in [1.82, 2.24) is 19.9 Å². The molecule has 1 N–H and O–H groups in total. The van der Waals surface area contributed by atoms with Crippen LogP contribution in [0.25, 0.3) is 11.0 Å². The lowest BCUT2D eigenvalue weighted by Crippen LogP contribution is -2.33. The zero-order valence-corrected chi connectivity index (χ0v) is 13.0. The molecule has 0 bridgehead atoms. The molecular weight excluding hydrogens is 316 g/mol. The van der Waals surface area contributed by atoms with Gasteiger partial charge in [-0.05, 0) is 30.3 Å². The molecule has 0 spiro atoms. The number of pyridine rings is 1. The topological polar surface area (TPSA) is 79.0 Å². The number of carbonyl (C=O) groups is 2. The average Bonchev–Trinajstić information content (AvgIpc) is 2.95. The van der Waals surface area contributed by atoms with E-state index in [1.54, 1.807) is 43.6 Å². The van der Waals surface area contributed by atoms with E-state index in [2.05, 4.69) is 15.0 Å². The minimum absolute atomic E-state index is 0.192. The van der Waals surface area contributed by atoms with Crippen molar-refractivity contribution >= 4 is 34.3 Å². The molecular formula is C16H13ClN4O2. The number of rotatable bonds is 4. The van der Waals surface area contributed by atoms with Gasteiger partial charge in [-0.15, -0.1) is 0 Å². The van der Waals surface area contributed by atoms with Crippen molar-refractivity contribution in [3.8, 4) is 0 Å². The molecule has 0 radical (unpaired) electrons. The summed E-state index contributed by atoms with van der Waals surface area (Å²) >= 11 is 5.93. The maximum atomic E-state index is 12.2. The standard InChI is InChI=1S/C16H13ClN4O2/c1-21(16(23)15(22)10-3-2-6-18-8-10)9-14-19-12-5-4-11(17)7-13(12)20-14/h2-8H,9H2,1H3,(H,19,20). The van der Waals surface area contributed by atoms with Crippen LogP contribution in [0.3, 0.4) is 0 Å². The van der Waals surface area contributed by atoms with E-state index < -0.39 is 11.7 Å². The van der Waals surface area contributed by atoms with Crippen LogP contribution in [-0.4, -0.2) is 38.6 Å². The molecule has 6 nitrogen and oxygen atoms in total. The van der Waals surface area contributed by atoms with Crippen LogP contribution in [0.15, 0.2) is 42.7 Å². The van der Waals surface area contributed by atoms with Crippen molar-refractivity contribution in [3.63, 3.8) is 0 Å². The number of likely N-dealkylation sites (N-methyl/N-ethyl adjacent to an activating group) is 1. The number of ketones is 1. The van der Waals surface area contributed by atoms with E-state index in [-0.39, 0.29) is 12.1 Å². The molecule has 0 saturated carbocycles. The van der Waals surface area contributed by atoms with Crippen LogP contribution < -0.4 is 0 Å². The molecule has 23 heavy (non-hydrogen) atoms. The van der Waals surface area contributed by atoms with Crippen molar-refractivity contribution in [2.24, 2.45) is 0 Å². The van der Waals surface area contributed by atoms with E-state index in [4.69, 9.17) is 11.6 Å². The number of nitrogens with one attached hydrogen (secondary N) is 1. The summed E-state index contributed by atoms with van der Waals surface area (Å²) in [6.45, 7) is 0.192. The number of nitrogens with zero attached hydrogens (tertiary/aromatic N) is 3. The van der Waals surface area contributed by atoms with Gasteiger partial charge >= 0.3 is 0 Å². The molecule has 0 aliphatic heterocycles. The number of fused-ring (bicyclic) bond motifs is 1. The van der Waals surface area contributed by atoms with Crippen LogP contribution in [0.2, 0.25) is 5.02 Å². The number of imidazole rings is 1. The average molecular weight is 329 g/mol. The smallest absolute Gasteiger partial charge is 0.295 e. The van der Waals surface area contributed by atoms with E-state index in [9.17, 15) is 9.59 Å². The van der Waals surface area contributed by atoms with Gasteiger partial charge in [0, 0.05) is 30.0 Å². The van der Waals surface area contributed by atoms with Crippen LogP contribution in [0.1, 0.15) is 16.2 Å². The summed E-state index contributed by atoms with van der Waals surface area (Å²) in [4.78, 5) is 36.9. The lowest BCUT2D eigenvalue weighted by molar-refractivity contribution is -0.125. The number of carbonyl (C=O) groups excluding carboxylic acids is 2. The Bertz CT molecular complexity index is 876. The molecule has 0 fully saturated rings. The van der Waals surface area contributed by atoms with Gasteiger partial charge in [0.1, 0.15) is 5.82 Å². The van der Waals surface area contributed by atoms with E-state index in [1.165, 1.54) is 11.1 Å². The normalized spacial score (nSPS) is 10.7. The van der Waals surface area contributed by atoms with Crippen molar-refractivity contribution in [3.05, 3.63) is 59.1 Å². The molecule has 0 aliphatic carbocycles. The van der Waals surface area contributed by atoms with Gasteiger partial charge < -0.3 is 9.88 Å². The Balaban J connectivity index is 1.76. The lowest BCUT2D eigenvalue weighted by Gasteiger charge is -2.14. The van der Waals surface area contributed by atoms with Gasteiger partial charge in [0.05, 0.1) is 17.6 Å². The second-order valence-electron chi connectivity index (χ2n) is 5.08. The van der Waals surface area contributed by atoms with Crippen molar-refractivity contribution in [2.75, 3.05) is 7.05 Å². The van der Waals surface area contributed by atoms with Gasteiger partial charge in [-0.1, -0.05) is 11.6 Å². The van der Waals surface area contributed by atoms with Crippen LogP contribution in [-0.2, 0) is 11.3 Å². The third kappa shape index (κ3) is 3.22. The molecule has 0 saturated heterocycles. The van der Waals surface area contributed by atoms with E-state index in [1.807, 2.05) is 0 Å². The fourth-order valence-corrected chi connectivity index (χ4v) is 2.37. The monoisotopic (exact) mass is 328 g/mol. The van der Waals surface area contributed by atoms with Crippen molar-refractivity contribution in [1.29, 1.82) is 0 Å². The third-order valence-corrected chi connectivity index (χ3v) is 3.58. The quantitative estimate of drug-likeness (QED) is 0.589. The van der Waals surface area contributed by atoms with Crippen LogP contribution in [0.5, 0.6) is 0 Å². The molecule has 2 aromatic heterocycles. The van der Waals surface area contributed by atoms with Crippen LogP contribution in [0, 0.1) is 0 Å². The van der Waals surface area contributed by atoms with Gasteiger partial charge in [-0.2, -0.15) is 0 Å². The molecule has 0 unspecified atom stereocenters. The predicted octanol–water partition coefficient (Wildman–Crippen LogP) is 2.45. The highest BCUT2D eigenvalue weighted by atomic mass is 35.5. The first-order chi connectivity index (χ1) is 11.0. The highest BCUT2D eigenvalue weighted by molar-refractivity contribution is 6.42. The molecule has 3 aromatic rings. The van der Waals surface area contributed by atoms with E-state index >= 15 is 0 Å². The summed E-state index contributed by atoms with van der Waals surface area (Å²) in [5, 5.41) is 0.601. The first kappa shape index (κ1) is 15.2. The first-order valence-corrected chi connectivity index (χ1v) is 7.26. The number of aromatic nitrogens is 3. The number of H-pyrrole nitrogens is 1. The molecule has 116 valence electrons. The zero-order valence-electron chi connectivity index (χ0n) is 12.3.